The average molecular weight is 363 g/mol. The van der Waals surface area contributed by atoms with E-state index in [1.807, 2.05) is 17.5 Å². The molecule has 0 saturated carbocycles. The lowest BCUT2D eigenvalue weighted by Crippen LogP contribution is -2.26. The molecule has 1 aromatic heterocycles. The first kappa shape index (κ1) is 18.8. The number of thiophene rings is 1. The number of amides is 1. The molecule has 1 heterocycles. The standard InChI is InChI=1S/C18H21NO5S/c1-22-14-9-12(10-15(23-2)18(14)24-3)6-7-17(21)19-11-13(20)16-5-4-8-25-16/h4-10,13,20H,11H2,1-3H3,(H,19,21)/b7-6+/t13-/m0/s1. The zero-order valence-corrected chi connectivity index (χ0v) is 15.1. The number of rotatable bonds is 8. The molecule has 2 N–H and O–H groups in total. The second-order valence-corrected chi connectivity index (χ2v) is 6.05. The number of aliphatic hydroxyl groups is 1. The van der Waals surface area contributed by atoms with Crippen molar-refractivity contribution in [1.29, 1.82) is 0 Å². The summed E-state index contributed by atoms with van der Waals surface area (Å²) in [6.07, 6.45) is 2.32. The highest BCUT2D eigenvalue weighted by Gasteiger charge is 2.12. The Bertz CT molecular complexity index is 702. The van der Waals surface area contributed by atoms with Crippen LogP contribution in [0.25, 0.3) is 6.08 Å². The average Bonchev–Trinajstić information content (AvgIpc) is 3.18. The number of ether oxygens (including phenoxy) is 3. The largest absolute Gasteiger partial charge is 0.493 e. The molecule has 0 spiro atoms. The van der Waals surface area contributed by atoms with Crippen molar-refractivity contribution in [3.63, 3.8) is 0 Å². The fourth-order valence-electron chi connectivity index (χ4n) is 2.21. The van der Waals surface area contributed by atoms with Crippen molar-refractivity contribution >= 4 is 23.3 Å². The van der Waals surface area contributed by atoms with Gasteiger partial charge in [0.15, 0.2) is 11.5 Å². The van der Waals surface area contributed by atoms with E-state index in [4.69, 9.17) is 14.2 Å². The van der Waals surface area contributed by atoms with Crippen LogP contribution in [-0.4, -0.2) is 38.9 Å². The summed E-state index contributed by atoms with van der Waals surface area (Å²) < 4.78 is 15.8. The molecule has 0 radical (unpaired) electrons. The summed E-state index contributed by atoms with van der Waals surface area (Å²) in [4.78, 5) is 12.7. The van der Waals surface area contributed by atoms with Gasteiger partial charge < -0.3 is 24.6 Å². The molecule has 0 aliphatic rings. The van der Waals surface area contributed by atoms with Gasteiger partial charge in [0.05, 0.1) is 21.3 Å². The van der Waals surface area contributed by atoms with Gasteiger partial charge in [-0.2, -0.15) is 0 Å². The Morgan fingerprint density at radius 3 is 2.44 bits per heavy atom. The maximum absolute atomic E-state index is 11.9. The van der Waals surface area contributed by atoms with Crippen LogP contribution in [0.15, 0.2) is 35.7 Å². The van der Waals surface area contributed by atoms with E-state index in [-0.39, 0.29) is 12.5 Å². The second-order valence-electron chi connectivity index (χ2n) is 5.07. The zero-order chi connectivity index (χ0) is 18.2. The number of hydrogen-bond donors (Lipinski definition) is 2. The van der Waals surface area contributed by atoms with Crippen molar-refractivity contribution in [1.82, 2.24) is 5.32 Å². The van der Waals surface area contributed by atoms with Crippen LogP contribution in [0.1, 0.15) is 16.5 Å². The number of methoxy groups -OCH3 is 3. The molecule has 1 amide bonds. The van der Waals surface area contributed by atoms with E-state index in [2.05, 4.69) is 5.32 Å². The van der Waals surface area contributed by atoms with Gasteiger partial charge in [-0.3, -0.25) is 4.79 Å². The van der Waals surface area contributed by atoms with Crippen molar-refractivity contribution < 1.29 is 24.1 Å². The Kier molecular flexibility index (Phi) is 6.85. The number of aliphatic hydroxyl groups excluding tert-OH is 1. The predicted octanol–water partition coefficient (Wildman–Crippen LogP) is 2.64. The maximum Gasteiger partial charge on any atom is 0.244 e. The fourth-order valence-corrected chi connectivity index (χ4v) is 2.92. The summed E-state index contributed by atoms with van der Waals surface area (Å²) in [6.45, 7) is 0.152. The highest BCUT2D eigenvalue weighted by Crippen LogP contribution is 2.38. The lowest BCUT2D eigenvalue weighted by Gasteiger charge is -2.12. The number of benzene rings is 1. The van der Waals surface area contributed by atoms with Crippen LogP contribution < -0.4 is 19.5 Å². The Morgan fingerprint density at radius 1 is 1.24 bits per heavy atom. The van der Waals surface area contributed by atoms with Gasteiger partial charge in [0, 0.05) is 17.5 Å². The molecule has 0 aliphatic heterocycles. The van der Waals surface area contributed by atoms with Gasteiger partial charge in [0.1, 0.15) is 6.10 Å². The van der Waals surface area contributed by atoms with E-state index < -0.39 is 6.10 Å². The second kappa shape index (κ2) is 9.10. The molecule has 7 heteroatoms. The van der Waals surface area contributed by atoms with Gasteiger partial charge in [0.25, 0.3) is 0 Å². The summed E-state index contributed by atoms with van der Waals surface area (Å²) in [5.74, 6) is 1.21. The topological polar surface area (TPSA) is 77.0 Å². The summed E-state index contributed by atoms with van der Waals surface area (Å²) in [5.41, 5.74) is 0.725. The summed E-state index contributed by atoms with van der Waals surface area (Å²) >= 11 is 1.45. The van der Waals surface area contributed by atoms with Crippen molar-refractivity contribution in [2.75, 3.05) is 27.9 Å². The van der Waals surface area contributed by atoms with Crippen LogP contribution in [-0.2, 0) is 4.79 Å². The van der Waals surface area contributed by atoms with Crippen LogP contribution in [0.5, 0.6) is 17.2 Å². The lowest BCUT2D eigenvalue weighted by atomic mass is 10.1. The normalized spacial score (nSPS) is 12.0. The highest BCUT2D eigenvalue weighted by molar-refractivity contribution is 7.10. The Balaban J connectivity index is 2.01. The van der Waals surface area contributed by atoms with Gasteiger partial charge in [-0.25, -0.2) is 0 Å². The van der Waals surface area contributed by atoms with Gasteiger partial charge in [0.2, 0.25) is 11.7 Å². The minimum atomic E-state index is -0.710. The molecule has 0 aliphatic carbocycles. The van der Waals surface area contributed by atoms with E-state index in [1.165, 1.54) is 38.7 Å². The molecule has 0 fully saturated rings. The molecule has 1 aromatic carbocycles. The summed E-state index contributed by atoms with van der Waals surface area (Å²) in [6, 6.07) is 7.17. The SMILES string of the molecule is COc1cc(/C=C/C(=O)NC[C@H](O)c2cccs2)cc(OC)c1OC. The quantitative estimate of drug-likeness (QED) is 0.705. The van der Waals surface area contributed by atoms with Gasteiger partial charge >= 0.3 is 0 Å². The van der Waals surface area contributed by atoms with Crippen LogP contribution in [0.2, 0.25) is 0 Å². The van der Waals surface area contributed by atoms with Gasteiger partial charge in [-0.1, -0.05) is 6.07 Å². The minimum Gasteiger partial charge on any atom is -0.493 e. The first-order valence-electron chi connectivity index (χ1n) is 7.56. The van der Waals surface area contributed by atoms with Crippen molar-refractivity contribution in [3.8, 4) is 17.2 Å². The van der Waals surface area contributed by atoms with Crippen molar-refractivity contribution in [2.45, 2.75) is 6.10 Å². The third kappa shape index (κ3) is 4.98. The minimum absolute atomic E-state index is 0.152. The van der Waals surface area contributed by atoms with Gasteiger partial charge in [-0.15, -0.1) is 11.3 Å². The van der Waals surface area contributed by atoms with Crippen LogP contribution in [0, 0.1) is 0 Å². The van der Waals surface area contributed by atoms with Crippen LogP contribution >= 0.6 is 11.3 Å². The van der Waals surface area contributed by atoms with Gasteiger partial charge in [-0.05, 0) is 35.2 Å². The molecule has 2 rings (SSSR count). The van der Waals surface area contributed by atoms with E-state index in [1.54, 1.807) is 18.2 Å². The van der Waals surface area contributed by atoms with Crippen LogP contribution in [0.3, 0.4) is 0 Å². The number of hydrogen-bond acceptors (Lipinski definition) is 6. The highest BCUT2D eigenvalue weighted by atomic mass is 32.1. The Morgan fingerprint density at radius 2 is 1.92 bits per heavy atom. The molecule has 6 nitrogen and oxygen atoms in total. The first-order chi connectivity index (χ1) is 12.1. The van der Waals surface area contributed by atoms with Crippen molar-refractivity contribution in [2.24, 2.45) is 0 Å². The van der Waals surface area contributed by atoms with Crippen LogP contribution in [0.4, 0.5) is 0 Å². The Labute approximate surface area is 150 Å². The third-order valence-corrected chi connectivity index (χ3v) is 4.43. The van der Waals surface area contributed by atoms with Crippen molar-refractivity contribution in [3.05, 3.63) is 46.2 Å². The third-order valence-electron chi connectivity index (χ3n) is 3.46. The zero-order valence-electron chi connectivity index (χ0n) is 14.3. The monoisotopic (exact) mass is 363 g/mol. The fraction of sp³-hybridized carbons (Fsp3) is 0.278. The first-order valence-corrected chi connectivity index (χ1v) is 8.44. The number of carbonyl (C=O) groups excluding carboxylic acids is 1. The molecule has 0 unspecified atom stereocenters. The van der Waals surface area contributed by atoms with E-state index in [0.29, 0.717) is 17.2 Å². The summed E-state index contributed by atoms with van der Waals surface area (Å²) in [7, 11) is 4.59. The summed E-state index contributed by atoms with van der Waals surface area (Å²) in [5, 5.41) is 14.5. The lowest BCUT2D eigenvalue weighted by molar-refractivity contribution is -0.116. The van der Waals surface area contributed by atoms with E-state index in [0.717, 1.165) is 10.4 Å². The maximum atomic E-state index is 11.9. The van der Waals surface area contributed by atoms with E-state index >= 15 is 0 Å². The predicted molar refractivity (Wildman–Crippen MR) is 97.4 cm³/mol. The number of nitrogens with one attached hydrogen (secondary N) is 1. The Hall–Kier alpha value is -2.51. The molecular weight excluding hydrogens is 342 g/mol. The molecule has 1 atom stereocenters. The smallest absolute Gasteiger partial charge is 0.244 e. The molecule has 0 bridgehead atoms. The molecule has 25 heavy (non-hydrogen) atoms. The number of carbonyl (C=O) groups is 1. The molecule has 2 aromatic rings. The van der Waals surface area contributed by atoms with E-state index in [9.17, 15) is 9.90 Å². The molecular formula is C18H21NO5S. The molecule has 134 valence electrons. The molecule has 0 saturated heterocycles.